The quantitative estimate of drug-likeness (QED) is 0.761. The van der Waals surface area contributed by atoms with E-state index in [0.717, 1.165) is 11.4 Å². The summed E-state index contributed by atoms with van der Waals surface area (Å²) >= 11 is 0. The van der Waals surface area contributed by atoms with Crippen molar-refractivity contribution < 1.29 is 4.74 Å². The summed E-state index contributed by atoms with van der Waals surface area (Å²) in [6, 6.07) is 5.68. The lowest BCUT2D eigenvalue weighted by Gasteiger charge is -2.06. The Morgan fingerprint density at radius 1 is 1.27 bits per heavy atom. The second kappa shape index (κ2) is 4.50. The Kier molecular flexibility index (Phi) is 2.88. The van der Waals surface area contributed by atoms with Gasteiger partial charge in [0.25, 0.3) is 0 Å². The van der Waals surface area contributed by atoms with Crippen molar-refractivity contribution >= 4 is 0 Å². The van der Waals surface area contributed by atoms with Crippen molar-refractivity contribution in [3.63, 3.8) is 0 Å². The molecule has 0 spiro atoms. The highest BCUT2D eigenvalue weighted by Crippen LogP contribution is 2.24. The molecule has 0 aliphatic carbocycles. The third-order valence-corrected chi connectivity index (χ3v) is 1.89. The lowest BCUT2D eigenvalue weighted by atomic mass is 10.2. The Morgan fingerprint density at radius 2 is 2.20 bits per heavy atom. The Balaban J connectivity index is 2.43. The molecule has 0 radical (unpaired) electrons. The van der Waals surface area contributed by atoms with Crippen molar-refractivity contribution in [2.45, 2.75) is 6.92 Å². The number of aromatic nitrogens is 3. The van der Waals surface area contributed by atoms with Crippen LogP contribution in [0.5, 0.6) is 5.75 Å². The first-order valence-corrected chi connectivity index (χ1v) is 4.76. The lowest BCUT2D eigenvalue weighted by molar-refractivity contribution is 0.339. The van der Waals surface area contributed by atoms with Gasteiger partial charge in [-0.25, -0.2) is 9.97 Å². The van der Waals surface area contributed by atoms with Crippen LogP contribution >= 0.6 is 0 Å². The van der Waals surface area contributed by atoms with E-state index >= 15 is 0 Å². The largest absolute Gasteiger partial charge is 0.490 e. The molecule has 76 valence electrons. The van der Waals surface area contributed by atoms with Crippen molar-refractivity contribution in [3.8, 4) is 17.1 Å². The predicted octanol–water partition coefficient (Wildman–Crippen LogP) is 1.94. The fourth-order valence-electron chi connectivity index (χ4n) is 1.27. The molecule has 0 aliphatic rings. The SMILES string of the molecule is CCOc1cncnc1-c1ccccn1. The van der Waals surface area contributed by atoms with E-state index in [-0.39, 0.29) is 0 Å². The van der Waals surface area contributed by atoms with Crippen LogP contribution in [0, 0.1) is 0 Å². The number of hydrogen-bond donors (Lipinski definition) is 0. The monoisotopic (exact) mass is 201 g/mol. The number of rotatable bonds is 3. The summed E-state index contributed by atoms with van der Waals surface area (Å²) in [5.74, 6) is 0.665. The van der Waals surface area contributed by atoms with E-state index in [1.165, 1.54) is 6.33 Å². The van der Waals surface area contributed by atoms with E-state index in [9.17, 15) is 0 Å². The van der Waals surface area contributed by atoms with Crippen molar-refractivity contribution in [2.24, 2.45) is 0 Å². The highest BCUT2D eigenvalue weighted by molar-refractivity contribution is 5.60. The molecule has 2 heterocycles. The van der Waals surface area contributed by atoms with Gasteiger partial charge < -0.3 is 4.74 Å². The van der Waals surface area contributed by atoms with Crippen LogP contribution in [0.2, 0.25) is 0 Å². The number of hydrogen-bond acceptors (Lipinski definition) is 4. The van der Waals surface area contributed by atoms with Gasteiger partial charge in [-0.1, -0.05) is 6.07 Å². The fraction of sp³-hybridized carbons (Fsp3) is 0.182. The molecule has 4 nitrogen and oxygen atoms in total. The molecule has 0 fully saturated rings. The van der Waals surface area contributed by atoms with Gasteiger partial charge in [-0.2, -0.15) is 0 Å². The first kappa shape index (κ1) is 9.58. The zero-order valence-electron chi connectivity index (χ0n) is 8.42. The van der Waals surface area contributed by atoms with Crippen LogP contribution in [0.1, 0.15) is 6.92 Å². The molecular weight excluding hydrogens is 190 g/mol. The molecular formula is C11H11N3O. The minimum Gasteiger partial charge on any atom is -0.490 e. The Bertz CT molecular complexity index is 431. The zero-order chi connectivity index (χ0) is 10.5. The second-order valence-electron chi connectivity index (χ2n) is 2.88. The zero-order valence-corrected chi connectivity index (χ0v) is 8.42. The summed E-state index contributed by atoms with van der Waals surface area (Å²) in [6.07, 6.45) is 4.88. The number of pyridine rings is 1. The minimum atomic E-state index is 0.590. The molecule has 0 aromatic carbocycles. The number of ether oxygens (including phenoxy) is 1. The van der Waals surface area contributed by atoms with Crippen LogP contribution < -0.4 is 4.74 Å². The first-order chi connectivity index (χ1) is 7.42. The Hall–Kier alpha value is -1.97. The molecule has 0 bridgehead atoms. The van der Waals surface area contributed by atoms with Gasteiger partial charge in [-0.05, 0) is 19.1 Å². The summed E-state index contributed by atoms with van der Waals surface area (Å²) in [7, 11) is 0. The molecule has 2 aromatic heterocycles. The molecule has 2 rings (SSSR count). The maximum absolute atomic E-state index is 5.43. The average Bonchev–Trinajstić information content (AvgIpc) is 2.31. The second-order valence-corrected chi connectivity index (χ2v) is 2.88. The summed E-state index contributed by atoms with van der Waals surface area (Å²) < 4.78 is 5.43. The fourth-order valence-corrected chi connectivity index (χ4v) is 1.27. The Morgan fingerprint density at radius 3 is 2.93 bits per heavy atom. The lowest BCUT2D eigenvalue weighted by Crippen LogP contribution is -1.97. The van der Waals surface area contributed by atoms with Gasteiger partial charge in [-0.15, -0.1) is 0 Å². The maximum atomic E-state index is 5.43. The molecule has 0 amide bonds. The maximum Gasteiger partial charge on any atom is 0.165 e. The molecule has 0 unspecified atom stereocenters. The summed E-state index contributed by atoms with van der Waals surface area (Å²) in [5, 5.41) is 0. The van der Waals surface area contributed by atoms with Crippen LogP contribution in [-0.2, 0) is 0 Å². The Labute approximate surface area is 88.0 Å². The van der Waals surface area contributed by atoms with Crippen molar-refractivity contribution in [1.82, 2.24) is 15.0 Å². The van der Waals surface area contributed by atoms with Gasteiger partial charge in [0.15, 0.2) is 5.75 Å². The van der Waals surface area contributed by atoms with Gasteiger partial charge in [-0.3, -0.25) is 4.98 Å². The smallest absolute Gasteiger partial charge is 0.165 e. The molecule has 0 N–H and O–H groups in total. The molecule has 0 aliphatic heterocycles. The van der Waals surface area contributed by atoms with Crippen LogP contribution in [-0.4, -0.2) is 21.6 Å². The molecule has 4 heteroatoms. The van der Waals surface area contributed by atoms with Gasteiger partial charge in [0, 0.05) is 6.20 Å². The first-order valence-electron chi connectivity index (χ1n) is 4.76. The van der Waals surface area contributed by atoms with Crippen molar-refractivity contribution in [3.05, 3.63) is 36.9 Å². The van der Waals surface area contributed by atoms with Crippen LogP contribution in [0.25, 0.3) is 11.4 Å². The van der Waals surface area contributed by atoms with Gasteiger partial charge in [0.1, 0.15) is 12.0 Å². The predicted molar refractivity (Wildman–Crippen MR) is 56.4 cm³/mol. The minimum absolute atomic E-state index is 0.590. The van der Waals surface area contributed by atoms with Crippen LogP contribution in [0.15, 0.2) is 36.9 Å². The van der Waals surface area contributed by atoms with E-state index in [1.54, 1.807) is 12.4 Å². The van der Waals surface area contributed by atoms with Crippen LogP contribution in [0.4, 0.5) is 0 Å². The summed E-state index contributed by atoms with van der Waals surface area (Å²) in [5.41, 5.74) is 1.52. The summed E-state index contributed by atoms with van der Waals surface area (Å²) in [4.78, 5) is 12.3. The van der Waals surface area contributed by atoms with Crippen molar-refractivity contribution in [1.29, 1.82) is 0 Å². The van der Waals surface area contributed by atoms with E-state index < -0.39 is 0 Å². The third kappa shape index (κ3) is 2.10. The van der Waals surface area contributed by atoms with E-state index in [4.69, 9.17) is 4.74 Å². The van der Waals surface area contributed by atoms with E-state index in [0.29, 0.717) is 12.4 Å². The third-order valence-electron chi connectivity index (χ3n) is 1.89. The highest BCUT2D eigenvalue weighted by Gasteiger charge is 2.07. The highest BCUT2D eigenvalue weighted by atomic mass is 16.5. The molecule has 0 saturated heterocycles. The van der Waals surface area contributed by atoms with Gasteiger partial charge in [0.05, 0.1) is 18.5 Å². The molecule has 0 atom stereocenters. The van der Waals surface area contributed by atoms with Gasteiger partial charge >= 0.3 is 0 Å². The summed E-state index contributed by atoms with van der Waals surface area (Å²) in [6.45, 7) is 2.52. The molecule has 2 aromatic rings. The van der Waals surface area contributed by atoms with E-state index in [1.807, 2.05) is 25.1 Å². The number of nitrogens with zero attached hydrogens (tertiary/aromatic N) is 3. The molecule has 0 saturated carbocycles. The van der Waals surface area contributed by atoms with Crippen LogP contribution in [0.3, 0.4) is 0 Å². The topological polar surface area (TPSA) is 47.9 Å². The van der Waals surface area contributed by atoms with Gasteiger partial charge in [0.2, 0.25) is 0 Å². The molecule has 15 heavy (non-hydrogen) atoms. The van der Waals surface area contributed by atoms with E-state index in [2.05, 4.69) is 15.0 Å². The standard InChI is InChI=1S/C11H11N3O/c1-2-15-10-7-12-8-14-11(10)9-5-3-4-6-13-9/h3-8H,2H2,1H3. The van der Waals surface area contributed by atoms with Crippen molar-refractivity contribution in [2.75, 3.05) is 6.61 Å². The normalized spacial score (nSPS) is 9.93. The average molecular weight is 201 g/mol.